The monoisotopic (exact) mass is 318 g/mol. The zero-order chi connectivity index (χ0) is 15.9. The lowest BCUT2D eigenvalue weighted by Crippen LogP contribution is -2.38. The number of hydrogen-bond acceptors (Lipinski definition) is 4. The Bertz CT molecular complexity index is 639. The summed E-state index contributed by atoms with van der Waals surface area (Å²) in [5, 5.41) is 4.40. The zero-order valence-corrected chi connectivity index (χ0v) is 14.3. The third-order valence-electron chi connectivity index (χ3n) is 3.24. The molecule has 0 radical (unpaired) electrons. The van der Waals surface area contributed by atoms with E-state index in [4.69, 9.17) is 4.74 Å². The molecule has 118 valence electrons. The number of nitrogens with zero attached hydrogens (tertiary/aromatic N) is 3. The van der Waals surface area contributed by atoms with E-state index in [1.54, 1.807) is 25.5 Å². The maximum Gasteiger partial charge on any atom is 0.194 e. The van der Waals surface area contributed by atoms with E-state index in [2.05, 4.69) is 33.2 Å². The van der Waals surface area contributed by atoms with Crippen molar-refractivity contribution in [1.82, 2.24) is 15.2 Å². The molecule has 0 unspecified atom stereocenters. The maximum atomic E-state index is 5.40. The van der Waals surface area contributed by atoms with Gasteiger partial charge in [-0.05, 0) is 13.0 Å². The maximum absolute atomic E-state index is 5.40. The Morgan fingerprint density at radius 2 is 2.18 bits per heavy atom. The highest BCUT2D eigenvalue weighted by Crippen LogP contribution is 2.18. The number of nitrogens with one attached hydrogen (secondary N) is 1. The van der Waals surface area contributed by atoms with Gasteiger partial charge in [0, 0.05) is 37.3 Å². The molecule has 22 heavy (non-hydrogen) atoms. The molecule has 2 aromatic rings. The van der Waals surface area contributed by atoms with Crippen LogP contribution in [0.2, 0.25) is 0 Å². The van der Waals surface area contributed by atoms with Gasteiger partial charge in [-0.1, -0.05) is 18.2 Å². The number of aromatic nitrogens is 1. The molecule has 6 heteroatoms. The third-order valence-corrected chi connectivity index (χ3v) is 4.15. The van der Waals surface area contributed by atoms with Crippen molar-refractivity contribution in [3.63, 3.8) is 0 Å². The van der Waals surface area contributed by atoms with E-state index in [-0.39, 0.29) is 0 Å². The molecule has 0 fully saturated rings. The molecule has 0 aliphatic carbocycles. The molecule has 0 atom stereocenters. The number of aliphatic imine (C=N–C) groups is 1. The van der Waals surface area contributed by atoms with Gasteiger partial charge in [0.25, 0.3) is 0 Å². The van der Waals surface area contributed by atoms with Gasteiger partial charge in [-0.15, -0.1) is 11.3 Å². The summed E-state index contributed by atoms with van der Waals surface area (Å²) < 4.78 is 5.40. The largest absolute Gasteiger partial charge is 0.496 e. The first-order valence-electron chi connectivity index (χ1n) is 7.09. The van der Waals surface area contributed by atoms with Crippen LogP contribution in [0.25, 0.3) is 0 Å². The minimum absolute atomic E-state index is 0.682. The number of thiazole rings is 1. The Morgan fingerprint density at radius 3 is 2.82 bits per heavy atom. The summed E-state index contributed by atoms with van der Waals surface area (Å²) in [6.45, 7) is 3.46. The fourth-order valence-corrected chi connectivity index (χ4v) is 2.91. The number of ether oxygens (including phenoxy) is 1. The van der Waals surface area contributed by atoms with Crippen LogP contribution >= 0.6 is 11.3 Å². The van der Waals surface area contributed by atoms with E-state index in [9.17, 15) is 0 Å². The van der Waals surface area contributed by atoms with Crippen molar-refractivity contribution in [3.05, 3.63) is 45.9 Å². The second-order valence-electron chi connectivity index (χ2n) is 4.93. The van der Waals surface area contributed by atoms with Crippen molar-refractivity contribution in [2.24, 2.45) is 4.99 Å². The molecule has 0 saturated carbocycles. The lowest BCUT2D eigenvalue weighted by atomic mass is 10.2. The number of para-hydroxylation sites is 1. The van der Waals surface area contributed by atoms with Gasteiger partial charge in [0.1, 0.15) is 10.8 Å². The molecule has 0 aliphatic rings. The summed E-state index contributed by atoms with van der Waals surface area (Å²) in [6.07, 6.45) is 1.89. The average Bonchev–Trinajstić information content (AvgIpc) is 2.94. The van der Waals surface area contributed by atoms with Crippen molar-refractivity contribution in [1.29, 1.82) is 0 Å². The minimum atomic E-state index is 0.682. The third kappa shape index (κ3) is 4.21. The van der Waals surface area contributed by atoms with Crippen molar-refractivity contribution >= 4 is 17.3 Å². The zero-order valence-electron chi connectivity index (χ0n) is 13.5. The standard InChI is InChI=1S/C16H22N4OS/c1-12-9-18-15(22-12)10-19-16(17-2)20(3)11-13-7-5-6-8-14(13)21-4/h5-9H,10-11H2,1-4H3,(H,17,19). The molecule has 0 bridgehead atoms. The lowest BCUT2D eigenvalue weighted by molar-refractivity contribution is 0.396. The predicted molar refractivity (Wildman–Crippen MR) is 91.5 cm³/mol. The van der Waals surface area contributed by atoms with Crippen LogP contribution in [-0.2, 0) is 13.1 Å². The first-order chi connectivity index (χ1) is 10.6. The van der Waals surface area contributed by atoms with Gasteiger partial charge < -0.3 is 15.0 Å². The van der Waals surface area contributed by atoms with E-state index >= 15 is 0 Å². The van der Waals surface area contributed by atoms with E-state index in [1.165, 1.54) is 4.88 Å². The van der Waals surface area contributed by atoms with E-state index in [0.717, 1.165) is 28.8 Å². The van der Waals surface area contributed by atoms with Crippen LogP contribution in [0.5, 0.6) is 5.75 Å². The number of benzene rings is 1. The van der Waals surface area contributed by atoms with Crippen LogP contribution in [0, 0.1) is 6.92 Å². The molecular formula is C16H22N4OS. The van der Waals surface area contributed by atoms with Crippen LogP contribution in [0.1, 0.15) is 15.4 Å². The van der Waals surface area contributed by atoms with Gasteiger partial charge in [0.05, 0.1) is 13.7 Å². The molecule has 1 N–H and O–H groups in total. The van der Waals surface area contributed by atoms with Gasteiger partial charge in [-0.2, -0.15) is 0 Å². The highest BCUT2D eigenvalue weighted by molar-refractivity contribution is 7.11. The first-order valence-corrected chi connectivity index (χ1v) is 7.90. The Hall–Kier alpha value is -2.08. The fraction of sp³-hybridized carbons (Fsp3) is 0.375. The molecule has 0 saturated heterocycles. The van der Waals surface area contributed by atoms with Gasteiger partial charge >= 0.3 is 0 Å². The highest BCUT2D eigenvalue weighted by atomic mass is 32.1. The summed E-state index contributed by atoms with van der Waals surface area (Å²) in [4.78, 5) is 12.0. The van der Waals surface area contributed by atoms with Gasteiger partial charge in [0.15, 0.2) is 5.96 Å². The van der Waals surface area contributed by atoms with Crippen LogP contribution in [-0.4, -0.2) is 37.0 Å². The second kappa shape index (κ2) is 7.79. The van der Waals surface area contributed by atoms with Crippen molar-refractivity contribution < 1.29 is 4.74 Å². The quantitative estimate of drug-likeness (QED) is 0.680. The molecular weight excluding hydrogens is 296 g/mol. The topological polar surface area (TPSA) is 49.8 Å². The van der Waals surface area contributed by atoms with E-state index < -0.39 is 0 Å². The number of methoxy groups -OCH3 is 1. The SMILES string of the molecule is CN=C(NCc1ncc(C)s1)N(C)Cc1ccccc1OC. The smallest absolute Gasteiger partial charge is 0.194 e. The summed E-state index contributed by atoms with van der Waals surface area (Å²) in [5.41, 5.74) is 1.13. The highest BCUT2D eigenvalue weighted by Gasteiger charge is 2.10. The second-order valence-corrected chi connectivity index (χ2v) is 6.25. The predicted octanol–water partition coefficient (Wildman–Crippen LogP) is 2.67. The summed E-state index contributed by atoms with van der Waals surface area (Å²) >= 11 is 1.69. The van der Waals surface area contributed by atoms with Gasteiger partial charge in [0.2, 0.25) is 0 Å². The van der Waals surface area contributed by atoms with Gasteiger partial charge in [-0.25, -0.2) is 4.98 Å². The lowest BCUT2D eigenvalue weighted by Gasteiger charge is -2.22. The van der Waals surface area contributed by atoms with Crippen LogP contribution in [0.15, 0.2) is 35.5 Å². The fourth-order valence-electron chi connectivity index (χ4n) is 2.19. The number of guanidine groups is 1. The van der Waals surface area contributed by atoms with Crippen molar-refractivity contribution in [3.8, 4) is 5.75 Å². The molecule has 1 aromatic carbocycles. The number of rotatable bonds is 5. The molecule has 0 spiro atoms. The normalized spacial score (nSPS) is 11.4. The minimum Gasteiger partial charge on any atom is -0.496 e. The molecule has 0 amide bonds. The van der Waals surface area contributed by atoms with E-state index in [1.807, 2.05) is 31.4 Å². The molecule has 0 aliphatic heterocycles. The molecule has 1 heterocycles. The van der Waals surface area contributed by atoms with Crippen molar-refractivity contribution in [2.75, 3.05) is 21.2 Å². The van der Waals surface area contributed by atoms with Crippen LogP contribution in [0.3, 0.4) is 0 Å². The van der Waals surface area contributed by atoms with Gasteiger partial charge in [-0.3, -0.25) is 4.99 Å². The number of aryl methyl sites for hydroxylation is 1. The summed E-state index contributed by atoms with van der Waals surface area (Å²) in [7, 11) is 5.49. The first kappa shape index (κ1) is 16.3. The van der Waals surface area contributed by atoms with E-state index in [0.29, 0.717) is 6.54 Å². The van der Waals surface area contributed by atoms with Crippen LogP contribution < -0.4 is 10.1 Å². The molecule has 1 aromatic heterocycles. The summed E-state index contributed by atoms with van der Waals surface area (Å²) in [5.74, 6) is 1.72. The Balaban J connectivity index is 1.98. The molecule has 5 nitrogen and oxygen atoms in total. The Labute approximate surface area is 135 Å². The Morgan fingerprint density at radius 1 is 1.41 bits per heavy atom. The Kier molecular flexibility index (Phi) is 5.77. The summed E-state index contributed by atoms with van der Waals surface area (Å²) in [6, 6.07) is 8.02. The average molecular weight is 318 g/mol. The number of hydrogen-bond donors (Lipinski definition) is 1. The molecule has 2 rings (SSSR count). The van der Waals surface area contributed by atoms with Crippen LogP contribution in [0.4, 0.5) is 0 Å². The van der Waals surface area contributed by atoms with Crippen molar-refractivity contribution in [2.45, 2.75) is 20.0 Å².